The van der Waals surface area contributed by atoms with Crippen LogP contribution in [0.5, 0.6) is 5.75 Å². The van der Waals surface area contributed by atoms with E-state index in [0.717, 1.165) is 35.3 Å². The van der Waals surface area contributed by atoms with Crippen LogP contribution in [0.15, 0.2) is 24.3 Å². The van der Waals surface area contributed by atoms with Crippen LogP contribution in [0.25, 0.3) is 0 Å². The molecule has 1 aliphatic heterocycles. The molecule has 0 radical (unpaired) electrons. The van der Waals surface area contributed by atoms with Gasteiger partial charge in [0.25, 0.3) is 0 Å². The van der Waals surface area contributed by atoms with Gasteiger partial charge in [0.15, 0.2) is 0 Å². The van der Waals surface area contributed by atoms with Crippen LogP contribution < -0.4 is 10.5 Å². The Morgan fingerprint density at radius 1 is 1.43 bits per heavy atom. The highest BCUT2D eigenvalue weighted by atomic mass is 127. The average Bonchev–Trinajstić information content (AvgIpc) is 2.41. The third-order valence-electron chi connectivity index (χ3n) is 3.42. The van der Waals surface area contributed by atoms with Gasteiger partial charge < -0.3 is 15.4 Å². The molecular weight excluding hydrogens is 403 g/mol. The number of amides is 1. The van der Waals surface area contributed by atoms with Gasteiger partial charge >= 0.3 is 0 Å². The normalized spacial score (nSPS) is 17.0. The smallest absolute Gasteiger partial charge is 0.224 e. The number of rotatable bonds is 4. The molecule has 0 spiro atoms. The highest BCUT2D eigenvalue weighted by Crippen LogP contribution is 2.24. The van der Waals surface area contributed by atoms with E-state index in [1.807, 2.05) is 36.1 Å². The number of carbonyl (C=O) groups excluding carboxylic acids is 1. The molecule has 4 nitrogen and oxygen atoms in total. The van der Waals surface area contributed by atoms with Gasteiger partial charge in [0, 0.05) is 38.4 Å². The van der Waals surface area contributed by atoms with Gasteiger partial charge in [-0.25, -0.2) is 0 Å². The molecule has 1 amide bonds. The number of hydrogen-bond donors (Lipinski definition) is 1. The number of nitrogens with two attached hydrogens (primary N) is 1. The summed E-state index contributed by atoms with van der Waals surface area (Å²) in [7, 11) is 0. The fourth-order valence-corrected chi connectivity index (χ4v) is 2.86. The summed E-state index contributed by atoms with van der Waals surface area (Å²) < 4.78 is 7.15. The number of ether oxygens (including phenoxy) is 1. The molecule has 1 fully saturated rings. The predicted octanol–water partition coefficient (Wildman–Crippen LogP) is 2.82. The number of para-hydroxylation sites is 1. The number of hydrogen-bond acceptors (Lipinski definition) is 3. The molecule has 1 atom stereocenters. The first-order chi connectivity index (χ1) is 9.56. The number of benzene rings is 1. The van der Waals surface area contributed by atoms with E-state index < -0.39 is 0 Å². The Labute approximate surface area is 145 Å². The summed E-state index contributed by atoms with van der Waals surface area (Å²) in [5, 5.41) is 0. The highest BCUT2D eigenvalue weighted by molar-refractivity contribution is 14.1. The summed E-state index contributed by atoms with van der Waals surface area (Å²) in [6.07, 6.45) is 2.40. The van der Waals surface area contributed by atoms with Crippen LogP contribution >= 0.6 is 35.0 Å². The first-order valence-electron chi connectivity index (χ1n) is 7.01. The second-order valence-corrected chi connectivity index (χ2v) is 6.47. The van der Waals surface area contributed by atoms with Gasteiger partial charge in [0.05, 0.1) is 3.57 Å². The number of carbonyl (C=O) groups is 1. The second-order valence-electron chi connectivity index (χ2n) is 5.31. The van der Waals surface area contributed by atoms with Gasteiger partial charge in [0.1, 0.15) is 11.9 Å². The van der Waals surface area contributed by atoms with Crippen molar-refractivity contribution < 1.29 is 9.53 Å². The molecule has 6 heteroatoms. The Balaban J connectivity index is 0.00000220. The van der Waals surface area contributed by atoms with E-state index in [4.69, 9.17) is 10.5 Å². The molecule has 1 aromatic carbocycles. The molecule has 1 aliphatic rings. The summed E-state index contributed by atoms with van der Waals surface area (Å²) >= 11 is 2.28. The Bertz CT molecular complexity index is 463. The van der Waals surface area contributed by atoms with E-state index >= 15 is 0 Å². The van der Waals surface area contributed by atoms with Crippen LogP contribution in [0, 0.1) is 3.57 Å². The monoisotopic (exact) mass is 424 g/mol. The van der Waals surface area contributed by atoms with E-state index in [1.165, 1.54) is 0 Å². The number of piperidine rings is 1. The van der Waals surface area contributed by atoms with Gasteiger partial charge in [-0.2, -0.15) is 0 Å². The van der Waals surface area contributed by atoms with Crippen LogP contribution in [0.1, 0.15) is 26.2 Å². The topological polar surface area (TPSA) is 55.6 Å². The Kier molecular flexibility index (Phi) is 7.76. The van der Waals surface area contributed by atoms with Crippen molar-refractivity contribution in [1.29, 1.82) is 0 Å². The van der Waals surface area contributed by atoms with Crippen LogP contribution in [0.3, 0.4) is 0 Å². The van der Waals surface area contributed by atoms with E-state index in [1.54, 1.807) is 0 Å². The van der Waals surface area contributed by atoms with E-state index in [2.05, 4.69) is 22.6 Å². The van der Waals surface area contributed by atoms with E-state index in [9.17, 15) is 4.79 Å². The molecule has 2 rings (SSSR count). The molecule has 0 saturated carbocycles. The fraction of sp³-hybridized carbons (Fsp3) is 0.533. The summed E-state index contributed by atoms with van der Waals surface area (Å²) in [4.78, 5) is 13.8. The third kappa shape index (κ3) is 5.64. The minimum atomic E-state index is -0.0672. The maximum absolute atomic E-state index is 11.9. The van der Waals surface area contributed by atoms with Crippen molar-refractivity contribution >= 4 is 40.9 Å². The van der Waals surface area contributed by atoms with Gasteiger partial charge in [-0.3, -0.25) is 4.79 Å². The lowest BCUT2D eigenvalue weighted by atomic mass is 10.1. The molecular formula is C15H22ClIN2O2. The molecule has 1 unspecified atom stereocenters. The first kappa shape index (κ1) is 18.5. The maximum Gasteiger partial charge on any atom is 0.224 e. The Morgan fingerprint density at radius 2 is 2.05 bits per heavy atom. The predicted molar refractivity (Wildman–Crippen MR) is 94.9 cm³/mol. The van der Waals surface area contributed by atoms with Crippen molar-refractivity contribution in [3.05, 3.63) is 27.8 Å². The zero-order valence-electron chi connectivity index (χ0n) is 12.1. The van der Waals surface area contributed by atoms with Gasteiger partial charge in [0.2, 0.25) is 5.91 Å². The lowest BCUT2D eigenvalue weighted by Crippen LogP contribution is -2.43. The van der Waals surface area contributed by atoms with Crippen molar-refractivity contribution in [2.75, 3.05) is 13.1 Å². The zero-order valence-corrected chi connectivity index (χ0v) is 15.1. The Hall–Kier alpha value is -0.530. The SMILES string of the molecule is CC(N)CC(=O)N1CCC(Oc2ccccc2I)CC1.Cl. The number of nitrogens with zero attached hydrogens (tertiary/aromatic N) is 1. The lowest BCUT2D eigenvalue weighted by molar-refractivity contribution is -0.133. The molecule has 0 bridgehead atoms. The minimum absolute atomic E-state index is 0. The maximum atomic E-state index is 11.9. The highest BCUT2D eigenvalue weighted by Gasteiger charge is 2.24. The van der Waals surface area contributed by atoms with Gasteiger partial charge in [-0.1, -0.05) is 12.1 Å². The van der Waals surface area contributed by atoms with Crippen molar-refractivity contribution in [2.45, 2.75) is 38.3 Å². The van der Waals surface area contributed by atoms with Crippen LogP contribution in [0.4, 0.5) is 0 Å². The second kappa shape index (κ2) is 8.80. The molecule has 0 aromatic heterocycles. The number of likely N-dealkylation sites (tertiary alicyclic amines) is 1. The van der Waals surface area contributed by atoms with Crippen molar-refractivity contribution in [1.82, 2.24) is 4.90 Å². The molecule has 21 heavy (non-hydrogen) atoms. The van der Waals surface area contributed by atoms with Crippen LogP contribution in [-0.4, -0.2) is 36.0 Å². The van der Waals surface area contributed by atoms with E-state index in [0.29, 0.717) is 6.42 Å². The first-order valence-corrected chi connectivity index (χ1v) is 8.08. The average molecular weight is 425 g/mol. The van der Waals surface area contributed by atoms with Crippen molar-refractivity contribution in [3.63, 3.8) is 0 Å². The summed E-state index contributed by atoms with van der Waals surface area (Å²) in [5.74, 6) is 1.10. The van der Waals surface area contributed by atoms with Crippen molar-refractivity contribution in [3.8, 4) is 5.75 Å². The van der Waals surface area contributed by atoms with Crippen LogP contribution in [0.2, 0.25) is 0 Å². The standard InChI is InChI=1S/C15H21IN2O2.ClH/c1-11(17)10-15(19)18-8-6-12(7-9-18)20-14-5-3-2-4-13(14)16;/h2-5,11-12H,6-10,17H2,1H3;1H. The molecule has 1 heterocycles. The largest absolute Gasteiger partial charge is 0.489 e. The van der Waals surface area contributed by atoms with Gasteiger partial charge in [-0.15, -0.1) is 12.4 Å². The lowest BCUT2D eigenvalue weighted by Gasteiger charge is -2.32. The van der Waals surface area contributed by atoms with Gasteiger partial charge in [-0.05, 0) is 41.6 Å². The molecule has 1 saturated heterocycles. The Morgan fingerprint density at radius 3 is 2.62 bits per heavy atom. The quantitative estimate of drug-likeness (QED) is 0.756. The molecule has 118 valence electrons. The summed E-state index contributed by atoms with van der Waals surface area (Å²) in [6.45, 7) is 3.39. The molecule has 0 aliphatic carbocycles. The third-order valence-corrected chi connectivity index (χ3v) is 4.31. The van der Waals surface area contributed by atoms with Crippen molar-refractivity contribution in [2.24, 2.45) is 5.73 Å². The fourth-order valence-electron chi connectivity index (χ4n) is 2.35. The zero-order chi connectivity index (χ0) is 14.5. The summed E-state index contributed by atoms with van der Waals surface area (Å²) in [6, 6.07) is 7.96. The minimum Gasteiger partial charge on any atom is -0.489 e. The summed E-state index contributed by atoms with van der Waals surface area (Å²) in [5.41, 5.74) is 5.67. The van der Waals surface area contributed by atoms with Crippen LogP contribution in [-0.2, 0) is 4.79 Å². The molecule has 1 aromatic rings. The number of halogens is 2. The molecule has 2 N–H and O–H groups in total. The van der Waals surface area contributed by atoms with E-state index in [-0.39, 0.29) is 30.5 Å².